The first-order chi connectivity index (χ1) is 7.18. The smallest absolute Gasteiger partial charge is 0.305 e. The van der Waals surface area contributed by atoms with Crippen molar-refractivity contribution in [3.05, 3.63) is 35.5 Å². The van der Waals surface area contributed by atoms with Crippen LogP contribution in [-0.4, -0.2) is 15.6 Å². The number of aliphatic carboxylic acids is 1. The Labute approximate surface area is 91.9 Å². The maximum Gasteiger partial charge on any atom is 0.305 e. The zero-order valence-corrected chi connectivity index (χ0v) is 8.74. The van der Waals surface area contributed by atoms with E-state index in [1.807, 2.05) is 29.0 Å². The molecule has 0 saturated heterocycles. The van der Waals surface area contributed by atoms with Gasteiger partial charge in [0.1, 0.15) is 0 Å². The predicted octanol–water partition coefficient (Wildman–Crippen LogP) is 2.77. The number of nitrogens with zero attached hydrogens (tertiary/aromatic N) is 1. The molecule has 0 bridgehead atoms. The summed E-state index contributed by atoms with van der Waals surface area (Å²) in [6.45, 7) is 0.447. The summed E-state index contributed by atoms with van der Waals surface area (Å²) in [7, 11) is 0. The number of carboxylic acid groups (broad SMARTS) is 1. The first-order valence-corrected chi connectivity index (χ1v) is 5.01. The van der Waals surface area contributed by atoms with Gasteiger partial charge in [-0.1, -0.05) is 23.7 Å². The Bertz CT molecular complexity index is 504. The van der Waals surface area contributed by atoms with Gasteiger partial charge in [0.25, 0.3) is 0 Å². The highest BCUT2D eigenvalue weighted by molar-refractivity contribution is 6.35. The molecule has 0 saturated carbocycles. The lowest BCUT2D eigenvalue weighted by Gasteiger charge is -2.04. The molecule has 0 radical (unpaired) electrons. The lowest BCUT2D eigenvalue weighted by Crippen LogP contribution is -2.03. The largest absolute Gasteiger partial charge is 0.481 e. The van der Waals surface area contributed by atoms with Gasteiger partial charge in [0, 0.05) is 18.1 Å². The van der Waals surface area contributed by atoms with Crippen LogP contribution in [0.1, 0.15) is 6.42 Å². The summed E-state index contributed by atoms with van der Waals surface area (Å²) >= 11 is 6.05. The number of aryl methyl sites for hydroxylation is 1. The Balaban J connectivity index is 2.39. The van der Waals surface area contributed by atoms with Crippen LogP contribution in [0.2, 0.25) is 5.02 Å². The Kier molecular flexibility index (Phi) is 2.64. The fraction of sp³-hybridized carbons (Fsp3) is 0.182. The second kappa shape index (κ2) is 3.95. The average Bonchev–Trinajstić information content (AvgIpc) is 2.59. The van der Waals surface area contributed by atoms with Crippen molar-refractivity contribution in [1.29, 1.82) is 0 Å². The van der Waals surface area contributed by atoms with Crippen molar-refractivity contribution in [3.8, 4) is 0 Å². The van der Waals surface area contributed by atoms with Crippen LogP contribution in [0.4, 0.5) is 0 Å². The quantitative estimate of drug-likeness (QED) is 0.870. The molecule has 1 heterocycles. The molecule has 0 aliphatic heterocycles. The normalized spacial score (nSPS) is 10.7. The van der Waals surface area contributed by atoms with Gasteiger partial charge in [-0.3, -0.25) is 4.79 Å². The highest BCUT2D eigenvalue weighted by atomic mass is 35.5. The summed E-state index contributed by atoms with van der Waals surface area (Å²) < 4.78 is 1.87. The van der Waals surface area contributed by atoms with Crippen LogP contribution in [0.25, 0.3) is 10.9 Å². The molecule has 0 spiro atoms. The molecule has 4 heteroatoms. The molecule has 0 fully saturated rings. The molecule has 0 unspecified atom stereocenters. The number of hydrogen-bond donors (Lipinski definition) is 1. The number of halogens is 1. The molecule has 0 amide bonds. The van der Waals surface area contributed by atoms with E-state index in [4.69, 9.17) is 16.7 Å². The molecule has 3 nitrogen and oxygen atoms in total. The molecule has 15 heavy (non-hydrogen) atoms. The number of benzene rings is 1. The van der Waals surface area contributed by atoms with Crippen LogP contribution < -0.4 is 0 Å². The molecular formula is C11H10ClNO2. The third kappa shape index (κ3) is 1.97. The van der Waals surface area contributed by atoms with E-state index in [1.165, 1.54) is 0 Å². The van der Waals surface area contributed by atoms with Gasteiger partial charge >= 0.3 is 5.97 Å². The van der Waals surface area contributed by atoms with Crippen LogP contribution >= 0.6 is 11.6 Å². The fourth-order valence-corrected chi connectivity index (χ4v) is 1.91. The van der Waals surface area contributed by atoms with E-state index < -0.39 is 5.97 Å². The fourth-order valence-electron chi connectivity index (χ4n) is 1.62. The summed E-state index contributed by atoms with van der Waals surface area (Å²) in [5.74, 6) is -0.802. The molecule has 78 valence electrons. The number of para-hydroxylation sites is 1. The van der Waals surface area contributed by atoms with Gasteiger partial charge in [-0.2, -0.15) is 0 Å². The van der Waals surface area contributed by atoms with Crippen LogP contribution in [0, 0.1) is 0 Å². The second-order valence-electron chi connectivity index (χ2n) is 3.33. The standard InChI is InChI=1S/C11H10ClNO2/c12-9-3-1-2-8-4-6-13(11(8)9)7-5-10(14)15/h1-4,6H,5,7H2,(H,14,15). The third-order valence-electron chi connectivity index (χ3n) is 2.31. The van der Waals surface area contributed by atoms with Crippen molar-refractivity contribution in [1.82, 2.24) is 4.57 Å². The van der Waals surface area contributed by atoms with E-state index in [-0.39, 0.29) is 6.42 Å². The Morgan fingerprint density at radius 3 is 2.93 bits per heavy atom. The number of carbonyl (C=O) groups is 1. The Morgan fingerprint density at radius 1 is 1.40 bits per heavy atom. The minimum atomic E-state index is -0.802. The number of fused-ring (bicyclic) bond motifs is 1. The van der Waals surface area contributed by atoms with E-state index in [2.05, 4.69) is 0 Å². The summed E-state index contributed by atoms with van der Waals surface area (Å²) in [5, 5.41) is 10.3. The van der Waals surface area contributed by atoms with Crippen molar-refractivity contribution in [2.45, 2.75) is 13.0 Å². The van der Waals surface area contributed by atoms with E-state index in [0.29, 0.717) is 11.6 Å². The van der Waals surface area contributed by atoms with Gasteiger partial charge in [-0.25, -0.2) is 0 Å². The summed E-state index contributed by atoms with van der Waals surface area (Å²) in [6.07, 6.45) is 1.97. The SMILES string of the molecule is O=C(O)CCn1ccc2cccc(Cl)c21. The third-order valence-corrected chi connectivity index (χ3v) is 2.61. The summed E-state index contributed by atoms with van der Waals surface area (Å²) in [4.78, 5) is 10.5. The predicted molar refractivity (Wildman–Crippen MR) is 59.2 cm³/mol. The van der Waals surface area contributed by atoms with E-state index in [9.17, 15) is 4.79 Å². The lowest BCUT2D eigenvalue weighted by molar-refractivity contribution is -0.137. The Hall–Kier alpha value is -1.48. The molecular weight excluding hydrogens is 214 g/mol. The first-order valence-electron chi connectivity index (χ1n) is 4.63. The van der Waals surface area contributed by atoms with Crippen LogP contribution in [-0.2, 0) is 11.3 Å². The highest BCUT2D eigenvalue weighted by Gasteiger charge is 2.05. The monoisotopic (exact) mass is 223 g/mol. The average molecular weight is 224 g/mol. The van der Waals surface area contributed by atoms with Gasteiger partial charge in [-0.05, 0) is 12.1 Å². The lowest BCUT2D eigenvalue weighted by atomic mass is 10.2. The summed E-state index contributed by atoms with van der Waals surface area (Å²) in [6, 6.07) is 7.58. The van der Waals surface area contributed by atoms with Crippen molar-refractivity contribution in [2.24, 2.45) is 0 Å². The molecule has 0 aliphatic rings. The van der Waals surface area contributed by atoms with Crippen molar-refractivity contribution < 1.29 is 9.90 Å². The zero-order chi connectivity index (χ0) is 10.8. The topological polar surface area (TPSA) is 42.2 Å². The maximum atomic E-state index is 10.5. The van der Waals surface area contributed by atoms with Gasteiger partial charge in [0.2, 0.25) is 0 Å². The van der Waals surface area contributed by atoms with Crippen LogP contribution in [0.15, 0.2) is 30.5 Å². The number of hydrogen-bond acceptors (Lipinski definition) is 1. The molecule has 1 aromatic heterocycles. The van der Waals surface area contributed by atoms with Crippen molar-refractivity contribution in [2.75, 3.05) is 0 Å². The van der Waals surface area contributed by atoms with Gasteiger partial charge in [0.05, 0.1) is 17.0 Å². The van der Waals surface area contributed by atoms with E-state index in [1.54, 1.807) is 6.07 Å². The molecule has 0 atom stereocenters. The zero-order valence-electron chi connectivity index (χ0n) is 7.98. The van der Waals surface area contributed by atoms with Gasteiger partial charge < -0.3 is 9.67 Å². The van der Waals surface area contributed by atoms with Gasteiger partial charge in [0.15, 0.2) is 0 Å². The molecule has 2 rings (SSSR count). The highest BCUT2D eigenvalue weighted by Crippen LogP contribution is 2.24. The molecule has 1 N–H and O–H groups in total. The first kappa shape index (κ1) is 10.1. The van der Waals surface area contributed by atoms with E-state index >= 15 is 0 Å². The molecule has 2 aromatic rings. The minimum absolute atomic E-state index is 0.106. The number of aromatic nitrogens is 1. The van der Waals surface area contributed by atoms with Crippen molar-refractivity contribution >= 4 is 28.5 Å². The molecule has 0 aliphatic carbocycles. The van der Waals surface area contributed by atoms with Crippen LogP contribution in [0.3, 0.4) is 0 Å². The van der Waals surface area contributed by atoms with Crippen LogP contribution in [0.5, 0.6) is 0 Å². The second-order valence-corrected chi connectivity index (χ2v) is 3.74. The van der Waals surface area contributed by atoms with E-state index in [0.717, 1.165) is 10.9 Å². The maximum absolute atomic E-state index is 10.5. The minimum Gasteiger partial charge on any atom is -0.481 e. The van der Waals surface area contributed by atoms with Gasteiger partial charge in [-0.15, -0.1) is 0 Å². The molecule has 1 aromatic carbocycles. The number of rotatable bonds is 3. The number of carboxylic acids is 1. The summed E-state index contributed by atoms with van der Waals surface area (Å²) in [5.41, 5.74) is 0.903. The Morgan fingerprint density at radius 2 is 2.20 bits per heavy atom. The van der Waals surface area contributed by atoms with Crippen molar-refractivity contribution in [3.63, 3.8) is 0 Å².